The number of rotatable bonds is 8. The first-order valence-electron chi connectivity index (χ1n) is 9.59. The van der Waals surface area contributed by atoms with Gasteiger partial charge in [-0.3, -0.25) is 0 Å². The molecule has 0 atom stereocenters. The first-order valence-corrected chi connectivity index (χ1v) is 10.8. The maximum atomic E-state index is 6.15. The molecule has 0 aliphatic carbocycles. The lowest BCUT2D eigenvalue weighted by atomic mass is 10.1. The van der Waals surface area contributed by atoms with Crippen molar-refractivity contribution in [1.82, 2.24) is 10.2 Å². The summed E-state index contributed by atoms with van der Waals surface area (Å²) >= 11 is 1.74. The molecule has 3 nitrogen and oxygen atoms in total. The number of nitrogens with one attached hydrogen (secondary N) is 1. The van der Waals surface area contributed by atoms with Gasteiger partial charge in [-0.15, -0.1) is 11.8 Å². The summed E-state index contributed by atoms with van der Waals surface area (Å²) in [5.41, 5.74) is 2.61. The van der Waals surface area contributed by atoms with Crippen LogP contribution in [-0.2, 0) is 13.0 Å². The molecule has 1 N–H and O–H groups in total. The second-order valence-electron chi connectivity index (χ2n) is 6.90. The van der Waals surface area contributed by atoms with Crippen molar-refractivity contribution in [3.63, 3.8) is 0 Å². The second kappa shape index (κ2) is 10.0. The van der Waals surface area contributed by atoms with Gasteiger partial charge in [-0.1, -0.05) is 18.6 Å². The third kappa shape index (κ3) is 5.50. The van der Waals surface area contributed by atoms with Gasteiger partial charge < -0.3 is 15.0 Å². The fourth-order valence-corrected chi connectivity index (χ4v) is 3.87. The lowest BCUT2D eigenvalue weighted by Gasteiger charge is -2.26. The number of hydrogen-bond donors (Lipinski definition) is 1. The monoisotopic (exact) mass is 370 g/mol. The van der Waals surface area contributed by atoms with Crippen LogP contribution in [0.3, 0.4) is 0 Å². The van der Waals surface area contributed by atoms with E-state index in [0.29, 0.717) is 0 Å². The van der Waals surface area contributed by atoms with Crippen molar-refractivity contribution in [3.8, 4) is 11.5 Å². The van der Waals surface area contributed by atoms with E-state index in [0.717, 1.165) is 31.0 Å². The van der Waals surface area contributed by atoms with Crippen molar-refractivity contribution in [1.29, 1.82) is 0 Å². The topological polar surface area (TPSA) is 24.5 Å². The molecule has 0 aromatic heterocycles. The number of hydrogen-bond acceptors (Lipinski definition) is 4. The molecule has 3 rings (SSSR count). The van der Waals surface area contributed by atoms with Crippen LogP contribution in [-0.4, -0.2) is 37.8 Å². The van der Waals surface area contributed by atoms with Crippen LogP contribution in [0.4, 0.5) is 0 Å². The zero-order valence-corrected chi connectivity index (χ0v) is 16.8. The predicted octanol–water partition coefficient (Wildman–Crippen LogP) is 4.95. The number of likely N-dealkylation sites (tertiary alicyclic amines) is 1. The van der Waals surface area contributed by atoms with Gasteiger partial charge in [0, 0.05) is 23.5 Å². The van der Waals surface area contributed by atoms with Crippen LogP contribution in [0.25, 0.3) is 0 Å². The van der Waals surface area contributed by atoms with Gasteiger partial charge in [-0.2, -0.15) is 0 Å². The Balaban J connectivity index is 1.66. The van der Waals surface area contributed by atoms with E-state index in [2.05, 4.69) is 46.8 Å². The van der Waals surface area contributed by atoms with E-state index < -0.39 is 0 Å². The molecule has 1 aliphatic heterocycles. The second-order valence-corrected chi connectivity index (χ2v) is 7.78. The molecule has 140 valence electrons. The van der Waals surface area contributed by atoms with Crippen molar-refractivity contribution in [2.45, 2.75) is 37.1 Å². The van der Waals surface area contributed by atoms with Crippen molar-refractivity contribution in [2.75, 3.05) is 32.9 Å². The van der Waals surface area contributed by atoms with E-state index in [9.17, 15) is 0 Å². The predicted molar refractivity (Wildman–Crippen MR) is 111 cm³/mol. The zero-order chi connectivity index (χ0) is 18.2. The van der Waals surface area contributed by atoms with Crippen LogP contribution in [0.5, 0.6) is 11.5 Å². The minimum Gasteiger partial charge on any atom is -0.457 e. The van der Waals surface area contributed by atoms with Crippen molar-refractivity contribution >= 4 is 11.8 Å². The Kier molecular flexibility index (Phi) is 7.42. The number of piperidine rings is 1. The smallest absolute Gasteiger partial charge is 0.131 e. The van der Waals surface area contributed by atoms with Gasteiger partial charge in [0.1, 0.15) is 11.5 Å². The zero-order valence-electron chi connectivity index (χ0n) is 16.0. The first-order chi connectivity index (χ1) is 12.8. The molecule has 0 amide bonds. The highest BCUT2D eigenvalue weighted by molar-refractivity contribution is 7.98. The van der Waals surface area contributed by atoms with Gasteiger partial charge in [0.25, 0.3) is 0 Å². The van der Waals surface area contributed by atoms with Gasteiger partial charge in [0.15, 0.2) is 0 Å². The number of thioether (sulfide) groups is 1. The fourth-order valence-electron chi connectivity index (χ4n) is 3.46. The third-order valence-electron chi connectivity index (χ3n) is 4.94. The lowest BCUT2D eigenvalue weighted by molar-refractivity contribution is 0.231. The molecule has 2 aromatic rings. The molecule has 26 heavy (non-hydrogen) atoms. The molecule has 0 bridgehead atoms. The lowest BCUT2D eigenvalue weighted by Crippen LogP contribution is -2.31. The Morgan fingerprint density at radius 2 is 1.81 bits per heavy atom. The summed E-state index contributed by atoms with van der Waals surface area (Å²) in [6.45, 7) is 4.50. The number of benzene rings is 2. The minimum atomic E-state index is 0.815. The number of nitrogens with zero attached hydrogens (tertiary/aromatic N) is 1. The Morgan fingerprint density at radius 3 is 2.50 bits per heavy atom. The molecule has 1 saturated heterocycles. The molecule has 1 aliphatic rings. The van der Waals surface area contributed by atoms with Crippen molar-refractivity contribution in [2.24, 2.45) is 0 Å². The average Bonchev–Trinajstić information content (AvgIpc) is 2.69. The molecule has 1 heterocycles. The van der Waals surface area contributed by atoms with E-state index in [-0.39, 0.29) is 0 Å². The Bertz CT molecular complexity index is 681. The average molecular weight is 371 g/mol. The molecule has 0 spiro atoms. The van der Waals surface area contributed by atoms with Crippen LogP contribution < -0.4 is 10.1 Å². The molecular weight excluding hydrogens is 340 g/mol. The summed E-state index contributed by atoms with van der Waals surface area (Å²) in [5, 5.41) is 3.27. The van der Waals surface area contributed by atoms with Crippen molar-refractivity contribution in [3.05, 3.63) is 53.6 Å². The van der Waals surface area contributed by atoms with Gasteiger partial charge in [-0.05, 0) is 81.6 Å². The SMILES string of the molecule is CNCc1cc(CCN2CCCCC2)ccc1Oc1ccc(SC)cc1. The van der Waals surface area contributed by atoms with Crippen LogP contribution in [0.1, 0.15) is 30.4 Å². The van der Waals surface area contributed by atoms with E-state index in [4.69, 9.17) is 4.74 Å². The Hall–Kier alpha value is -1.49. The fraction of sp³-hybridized carbons (Fsp3) is 0.455. The number of ether oxygens (including phenoxy) is 1. The molecule has 1 fully saturated rings. The summed E-state index contributed by atoms with van der Waals surface area (Å²) in [6, 6.07) is 14.9. The van der Waals surface area contributed by atoms with E-state index in [1.807, 2.05) is 19.2 Å². The summed E-state index contributed by atoms with van der Waals surface area (Å²) < 4.78 is 6.15. The van der Waals surface area contributed by atoms with Gasteiger partial charge in [-0.25, -0.2) is 0 Å². The quantitative estimate of drug-likeness (QED) is 0.665. The van der Waals surface area contributed by atoms with E-state index >= 15 is 0 Å². The Morgan fingerprint density at radius 1 is 1.04 bits per heavy atom. The molecule has 2 aromatic carbocycles. The van der Waals surface area contributed by atoms with Crippen LogP contribution in [0.15, 0.2) is 47.4 Å². The largest absolute Gasteiger partial charge is 0.457 e. The maximum absolute atomic E-state index is 6.15. The molecular formula is C22H30N2OS. The van der Waals surface area contributed by atoms with Gasteiger partial charge in [0.2, 0.25) is 0 Å². The minimum absolute atomic E-state index is 0.815. The summed E-state index contributed by atoms with van der Waals surface area (Å²) in [5.74, 6) is 1.83. The molecule has 0 saturated carbocycles. The highest BCUT2D eigenvalue weighted by atomic mass is 32.2. The van der Waals surface area contributed by atoms with Crippen LogP contribution in [0, 0.1) is 0 Å². The Labute approximate surface area is 162 Å². The van der Waals surface area contributed by atoms with Gasteiger partial charge >= 0.3 is 0 Å². The maximum Gasteiger partial charge on any atom is 0.131 e. The van der Waals surface area contributed by atoms with Gasteiger partial charge in [0.05, 0.1) is 0 Å². The van der Waals surface area contributed by atoms with Crippen molar-refractivity contribution < 1.29 is 4.74 Å². The summed E-state index contributed by atoms with van der Waals surface area (Å²) in [6.07, 6.45) is 7.30. The first kappa shape index (κ1) is 19.3. The summed E-state index contributed by atoms with van der Waals surface area (Å²) in [7, 11) is 1.98. The molecule has 0 unspecified atom stereocenters. The highest BCUT2D eigenvalue weighted by Gasteiger charge is 2.11. The standard InChI is InChI=1S/C22H30N2OS/c1-23-17-19-16-18(12-15-24-13-4-3-5-14-24)6-11-22(19)25-20-7-9-21(26-2)10-8-20/h6-11,16,23H,3-5,12-15,17H2,1-2H3. The normalized spacial score (nSPS) is 15.2. The van der Waals surface area contributed by atoms with E-state index in [1.165, 1.54) is 48.4 Å². The van der Waals surface area contributed by atoms with Crippen LogP contribution in [0.2, 0.25) is 0 Å². The molecule has 4 heteroatoms. The summed E-state index contributed by atoms with van der Waals surface area (Å²) in [4.78, 5) is 3.85. The highest BCUT2D eigenvalue weighted by Crippen LogP contribution is 2.28. The van der Waals surface area contributed by atoms with E-state index in [1.54, 1.807) is 11.8 Å². The molecule has 0 radical (unpaired) electrons. The third-order valence-corrected chi connectivity index (χ3v) is 5.69. The van der Waals surface area contributed by atoms with Crippen LogP contribution >= 0.6 is 11.8 Å².